The highest BCUT2D eigenvalue weighted by molar-refractivity contribution is 7.09. The lowest BCUT2D eigenvalue weighted by Gasteiger charge is -2.38. The zero-order chi connectivity index (χ0) is 25.5. The number of hydrogen-bond donors (Lipinski definition) is 1. The molecule has 1 N–H and O–H groups in total. The molecule has 7 nitrogen and oxygen atoms in total. The lowest BCUT2D eigenvalue weighted by molar-refractivity contribution is -0.150. The fourth-order valence-electron chi connectivity index (χ4n) is 5.20. The van der Waals surface area contributed by atoms with E-state index in [4.69, 9.17) is 4.52 Å². The van der Waals surface area contributed by atoms with Gasteiger partial charge in [0.1, 0.15) is 16.3 Å². The topological polar surface area (TPSA) is 96.5 Å². The van der Waals surface area contributed by atoms with Gasteiger partial charge in [-0.3, -0.25) is 4.79 Å². The Hall–Kier alpha value is -3.00. The van der Waals surface area contributed by atoms with E-state index in [9.17, 15) is 14.7 Å². The fraction of sp³-hybridized carbons (Fsp3) is 0.481. The molecule has 1 aliphatic heterocycles. The van der Waals surface area contributed by atoms with Gasteiger partial charge in [-0.15, -0.1) is 11.3 Å². The Morgan fingerprint density at radius 1 is 1.26 bits per heavy atom. The van der Waals surface area contributed by atoms with Crippen LogP contribution in [-0.4, -0.2) is 37.6 Å². The van der Waals surface area contributed by atoms with Crippen molar-refractivity contribution < 1.29 is 19.2 Å². The number of benzene rings is 1. The molecule has 2 aromatic heterocycles. The lowest BCUT2D eigenvalue weighted by atomic mass is 9.83. The van der Waals surface area contributed by atoms with Crippen LogP contribution in [-0.2, 0) is 10.2 Å². The van der Waals surface area contributed by atoms with Crippen molar-refractivity contribution in [2.24, 2.45) is 5.92 Å². The van der Waals surface area contributed by atoms with Crippen LogP contribution in [0.25, 0.3) is 0 Å². The van der Waals surface area contributed by atoms with Gasteiger partial charge >= 0.3 is 5.97 Å². The Morgan fingerprint density at radius 3 is 2.43 bits per heavy atom. The number of hydrogen-bond acceptors (Lipinski definition) is 6. The number of carboxylic acids is 1. The Balaban J connectivity index is 1.89. The monoisotopic (exact) mass is 495 g/mol. The van der Waals surface area contributed by atoms with Gasteiger partial charge in [-0.25, -0.2) is 9.78 Å². The van der Waals surface area contributed by atoms with Gasteiger partial charge in [-0.2, -0.15) is 0 Å². The molecule has 0 spiro atoms. The average Bonchev–Trinajstić information content (AvgIpc) is 3.51. The van der Waals surface area contributed by atoms with Gasteiger partial charge in [0.25, 0.3) is 5.91 Å². The van der Waals surface area contributed by atoms with Gasteiger partial charge in [0.15, 0.2) is 0 Å². The first kappa shape index (κ1) is 25.1. The number of thiazole rings is 1. The lowest BCUT2D eigenvalue weighted by Crippen LogP contribution is -2.54. The van der Waals surface area contributed by atoms with Crippen LogP contribution < -0.4 is 0 Å². The maximum absolute atomic E-state index is 14.2. The molecule has 1 unspecified atom stereocenters. The molecule has 0 radical (unpaired) electrons. The van der Waals surface area contributed by atoms with Crippen molar-refractivity contribution in [3.63, 3.8) is 0 Å². The van der Waals surface area contributed by atoms with Gasteiger partial charge in [0.2, 0.25) is 0 Å². The second-order valence-electron chi connectivity index (χ2n) is 10.9. The van der Waals surface area contributed by atoms with Crippen molar-refractivity contribution in [1.82, 2.24) is 15.0 Å². The maximum atomic E-state index is 14.2. The van der Waals surface area contributed by atoms with Gasteiger partial charge in [0.05, 0.1) is 11.7 Å². The molecule has 1 amide bonds. The molecular weight excluding hydrogens is 462 g/mol. The summed E-state index contributed by atoms with van der Waals surface area (Å²) in [6.07, 6.45) is 2.23. The molecule has 0 bridgehead atoms. The summed E-state index contributed by atoms with van der Waals surface area (Å²) in [5.74, 6) is -1.07. The molecule has 4 rings (SSSR count). The van der Waals surface area contributed by atoms with Crippen LogP contribution in [0, 0.1) is 12.8 Å². The summed E-state index contributed by atoms with van der Waals surface area (Å²) in [5.41, 5.74) is 0.814. The quantitative estimate of drug-likeness (QED) is 0.452. The predicted molar refractivity (Wildman–Crippen MR) is 135 cm³/mol. The summed E-state index contributed by atoms with van der Waals surface area (Å²) < 4.78 is 5.64. The molecule has 0 aliphatic carbocycles. The third-order valence-corrected chi connectivity index (χ3v) is 7.60. The summed E-state index contributed by atoms with van der Waals surface area (Å²) in [6, 6.07) is 8.76. The first-order chi connectivity index (χ1) is 16.4. The third-order valence-electron chi connectivity index (χ3n) is 6.75. The highest BCUT2D eigenvalue weighted by Crippen LogP contribution is 2.55. The highest BCUT2D eigenvalue weighted by atomic mass is 32.1. The maximum Gasteiger partial charge on any atom is 0.329 e. The van der Waals surface area contributed by atoms with E-state index in [1.807, 2.05) is 44.4 Å². The molecule has 8 heteroatoms. The minimum atomic E-state index is -1.41. The smallest absolute Gasteiger partial charge is 0.329 e. The molecule has 1 aromatic carbocycles. The van der Waals surface area contributed by atoms with Crippen LogP contribution in [0.1, 0.15) is 91.8 Å². The largest absolute Gasteiger partial charge is 0.479 e. The minimum absolute atomic E-state index is 0.0526. The van der Waals surface area contributed by atoms with Crippen LogP contribution in [0.2, 0.25) is 0 Å². The van der Waals surface area contributed by atoms with E-state index in [-0.39, 0.29) is 29.6 Å². The second-order valence-corrected chi connectivity index (χ2v) is 11.9. The zero-order valence-electron chi connectivity index (χ0n) is 21.1. The molecule has 35 heavy (non-hydrogen) atoms. The molecule has 0 saturated carbocycles. The second kappa shape index (κ2) is 9.22. The first-order valence-corrected chi connectivity index (χ1v) is 12.8. The normalized spacial score (nSPS) is 22.7. The summed E-state index contributed by atoms with van der Waals surface area (Å²) in [7, 11) is 0. The Bertz CT molecular complexity index is 1190. The van der Waals surface area contributed by atoms with Gasteiger partial charge < -0.3 is 14.5 Å². The van der Waals surface area contributed by atoms with E-state index in [0.717, 1.165) is 5.56 Å². The number of likely N-dealkylation sites (tertiary alicyclic amines) is 1. The van der Waals surface area contributed by atoms with Crippen molar-refractivity contribution in [3.8, 4) is 0 Å². The van der Waals surface area contributed by atoms with Gasteiger partial charge in [0, 0.05) is 29.1 Å². The van der Waals surface area contributed by atoms with Crippen LogP contribution in [0.3, 0.4) is 0 Å². The van der Waals surface area contributed by atoms with Crippen LogP contribution in [0.5, 0.6) is 0 Å². The number of aliphatic carboxylic acids is 1. The number of carboxylic acid groups (broad SMARTS) is 1. The van der Waals surface area contributed by atoms with Gasteiger partial charge in [-0.05, 0) is 48.8 Å². The molecule has 3 atom stereocenters. The number of amides is 1. The molecule has 186 valence electrons. The number of rotatable bonds is 6. The van der Waals surface area contributed by atoms with E-state index in [1.54, 1.807) is 23.2 Å². The van der Waals surface area contributed by atoms with Crippen molar-refractivity contribution in [1.29, 1.82) is 0 Å². The Labute approximate surface area is 210 Å². The molecule has 1 saturated heterocycles. The molecular formula is C27H33N3O4S. The zero-order valence-corrected chi connectivity index (χ0v) is 21.9. The van der Waals surface area contributed by atoms with Crippen molar-refractivity contribution >= 4 is 23.2 Å². The van der Waals surface area contributed by atoms with E-state index < -0.39 is 17.6 Å². The Morgan fingerprint density at radius 2 is 1.94 bits per heavy atom. The number of aryl methyl sites for hydroxylation is 1. The molecule has 1 aliphatic rings. The van der Waals surface area contributed by atoms with E-state index in [1.165, 1.54) is 11.3 Å². The summed E-state index contributed by atoms with van der Waals surface area (Å²) in [4.78, 5) is 33.3. The van der Waals surface area contributed by atoms with Gasteiger partial charge in [-0.1, -0.05) is 51.9 Å². The van der Waals surface area contributed by atoms with Crippen LogP contribution >= 0.6 is 11.3 Å². The number of carbonyl (C=O) groups excluding carboxylic acids is 1. The van der Waals surface area contributed by atoms with E-state index in [2.05, 4.69) is 30.9 Å². The molecule has 1 fully saturated rings. The molecule has 3 aromatic rings. The predicted octanol–water partition coefficient (Wildman–Crippen LogP) is 5.98. The minimum Gasteiger partial charge on any atom is -0.479 e. The van der Waals surface area contributed by atoms with Crippen LogP contribution in [0.4, 0.5) is 0 Å². The van der Waals surface area contributed by atoms with Crippen molar-refractivity contribution in [3.05, 3.63) is 69.5 Å². The first-order valence-electron chi connectivity index (χ1n) is 11.9. The number of carbonyl (C=O) groups is 2. The SMILES string of the molecule is Cc1cc(C2C[C@@](CC(C)C)(C(=O)O)N(C(=O)c3ccc(C(C)(C)C)cc3)[C@H]2c2nccs2)on1. The highest BCUT2D eigenvalue weighted by Gasteiger charge is 2.60. The average molecular weight is 496 g/mol. The fourth-order valence-corrected chi connectivity index (χ4v) is 6.00. The third kappa shape index (κ3) is 4.63. The molecule has 3 heterocycles. The Kier molecular flexibility index (Phi) is 6.62. The van der Waals surface area contributed by atoms with E-state index in [0.29, 0.717) is 28.4 Å². The standard InChI is InChI=1S/C27H33N3O4S/c1-16(2)14-27(25(32)33)15-20(21-13-17(3)29-34-21)22(23-28-11-12-35-23)30(27)24(31)18-7-9-19(10-8-18)26(4,5)6/h7-13,16,20,22H,14-15H2,1-6H3,(H,32,33)/t20?,22-,27+/m1/s1. The summed E-state index contributed by atoms with van der Waals surface area (Å²) in [5, 5.41) is 17.2. The number of nitrogens with zero attached hydrogens (tertiary/aromatic N) is 3. The van der Waals surface area contributed by atoms with E-state index >= 15 is 0 Å². The summed E-state index contributed by atoms with van der Waals surface area (Å²) in [6.45, 7) is 12.1. The van der Waals surface area contributed by atoms with Crippen LogP contribution in [0.15, 0.2) is 46.4 Å². The number of aromatic nitrogens is 2. The van der Waals surface area contributed by atoms with Crippen molar-refractivity contribution in [2.75, 3.05) is 0 Å². The van der Waals surface area contributed by atoms with Crippen molar-refractivity contribution in [2.45, 2.75) is 77.3 Å². The summed E-state index contributed by atoms with van der Waals surface area (Å²) >= 11 is 1.42.